The highest BCUT2D eigenvalue weighted by Crippen LogP contribution is 2.40. The summed E-state index contributed by atoms with van der Waals surface area (Å²) in [7, 11) is 0. The summed E-state index contributed by atoms with van der Waals surface area (Å²) < 4.78 is 5.01. The fourth-order valence-corrected chi connectivity index (χ4v) is 3.16. The minimum atomic E-state index is -0.709. The molecule has 1 aliphatic carbocycles. The van der Waals surface area contributed by atoms with E-state index in [0.717, 1.165) is 11.1 Å². The van der Waals surface area contributed by atoms with Crippen LogP contribution in [-0.4, -0.2) is 17.9 Å². The first-order chi connectivity index (χ1) is 12.5. The van der Waals surface area contributed by atoms with Crippen LogP contribution in [0.5, 0.6) is 0 Å². The number of carbonyl (C=O) groups excluding carboxylic acids is 2. The lowest BCUT2D eigenvalue weighted by molar-refractivity contribution is -0.148. The lowest BCUT2D eigenvalue weighted by atomic mass is 9.72. The second-order valence-corrected chi connectivity index (χ2v) is 8.11. The first-order valence-electron chi connectivity index (χ1n) is 9.65. The van der Waals surface area contributed by atoms with E-state index in [1.165, 1.54) is 43.4 Å². The molecule has 0 aliphatic heterocycles. The molecule has 1 atom stereocenters. The zero-order valence-electron chi connectivity index (χ0n) is 17.9. The first kappa shape index (κ1) is 22.9. The summed E-state index contributed by atoms with van der Waals surface area (Å²) >= 11 is 0. The summed E-state index contributed by atoms with van der Waals surface area (Å²) in [5.41, 5.74) is 5.10. The molecule has 3 nitrogen and oxygen atoms in total. The molecule has 0 fully saturated rings. The molecule has 27 heavy (non-hydrogen) atoms. The number of Topliss-reactive ketones (excluding diaryl/α,β-unsaturated/α-hetero) is 1. The predicted octanol–water partition coefficient (Wildman–Crippen LogP) is 6.04. The van der Waals surface area contributed by atoms with Crippen molar-refractivity contribution in [3.8, 4) is 0 Å². The van der Waals surface area contributed by atoms with E-state index >= 15 is 0 Å². The Kier molecular flexibility index (Phi) is 8.68. The highest BCUT2D eigenvalue weighted by molar-refractivity contribution is 5.87. The van der Waals surface area contributed by atoms with Gasteiger partial charge in [-0.2, -0.15) is 0 Å². The normalized spacial score (nSPS) is 19.7. The van der Waals surface area contributed by atoms with Crippen molar-refractivity contribution in [3.63, 3.8) is 0 Å². The van der Waals surface area contributed by atoms with Gasteiger partial charge in [0.15, 0.2) is 11.9 Å². The third-order valence-electron chi connectivity index (χ3n) is 4.98. The molecule has 148 valence electrons. The summed E-state index contributed by atoms with van der Waals surface area (Å²) in [6.07, 6.45) is 14.6. The zero-order valence-corrected chi connectivity index (χ0v) is 17.9. The van der Waals surface area contributed by atoms with Crippen LogP contribution in [-0.2, 0) is 14.3 Å². The van der Waals surface area contributed by atoms with Gasteiger partial charge in [0, 0.05) is 6.08 Å². The maximum Gasteiger partial charge on any atom is 0.331 e. The van der Waals surface area contributed by atoms with E-state index < -0.39 is 12.1 Å². The number of ketones is 1. The van der Waals surface area contributed by atoms with Gasteiger partial charge in [0.2, 0.25) is 0 Å². The van der Waals surface area contributed by atoms with Crippen LogP contribution in [0.2, 0.25) is 0 Å². The number of esters is 1. The van der Waals surface area contributed by atoms with Crippen molar-refractivity contribution in [1.82, 2.24) is 0 Å². The standard InChI is InChI=1S/C24H34O3/c1-17(13-14-22-19(3)12-9-15-24(22,6)7)10-8-11-18(2)16-23(26)27-21(5)20(4)25/h8,10-11,13-14,16,21H,9,12,15H2,1-7H3/b11-8+,14-13+,17-10+,18-16+. The molecule has 0 spiro atoms. The molecule has 0 saturated heterocycles. The Balaban J connectivity index is 2.71. The first-order valence-corrected chi connectivity index (χ1v) is 9.65. The molecule has 0 saturated carbocycles. The van der Waals surface area contributed by atoms with E-state index in [2.05, 4.69) is 39.8 Å². The van der Waals surface area contributed by atoms with Gasteiger partial charge in [-0.05, 0) is 70.4 Å². The van der Waals surface area contributed by atoms with E-state index in [-0.39, 0.29) is 11.2 Å². The maximum atomic E-state index is 11.7. The molecule has 1 rings (SSSR count). The van der Waals surface area contributed by atoms with Crippen molar-refractivity contribution < 1.29 is 14.3 Å². The molecule has 0 bridgehead atoms. The molecule has 0 heterocycles. The lowest BCUT2D eigenvalue weighted by Gasteiger charge is -2.32. The summed E-state index contributed by atoms with van der Waals surface area (Å²) in [6, 6.07) is 0. The van der Waals surface area contributed by atoms with E-state index in [9.17, 15) is 9.59 Å². The molecular weight excluding hydrogens is 336 g/mol. The van der Waals surface area contributed by atoms with Gasteiger partial charge in [0.1, 0.15) is 0 Å². The number of hydrogen-bond acceptors (Lipinski definition) is 3. The zero-order chi connectivity index (χ0) is 20.6. The minimum Gasteiger partial charge on any atom is -0.452 e. The molecule has 0 aromatic rings. The Hall–Kier alpha value is -2.16. The molecule has 0 amide bonds. The van der Waals surface area contributed by atoms with Crippen LogP contribution in [0.4, 0.5) is 0 Å². The van der Waals surface area contributed by atoms with Gasteiger partial charge >= 0.3 is 5.97 Å². The Morgan fingerprint density at radius 2 is 1.78 bits per heavy atom. The number of rotatable bonds is 7. The van der Waals surface area contributed by atoms with Crippen LogP contribution < -0.4 is 0 Å². The van der Waals surface area contributed by atoms with E-state index in [1.54, 1.807) is 6.92 Å². The van der Waals surface area contributed by atoms with Crippen LogP contribution in [0.15, 0.2) is 58.7 Å². The van der Waals surface area contributed by atoms with Crippen molar-refractivity contribution in [2.24, 2.45) is 5.41 Å². The topological polar surface area (TPSA) is 43.4 Å². The summed E-state index contributed by atoms with van der Waals surface area (Å²) in [4.78, 5) is 22.8. The highest BCUT2D eigenvalue weighted by Gasteiger charge is 2.26. The number of hydrogen-bond donors (Lipinski definition) is 0. The Morgan fingerprint density at radius 1 is 1.11 bits per heavy atom. The average Bonchev–Trinajstić information content (AvgIpc) is 2.53. The predicted molar refractivity (Wildman–Crippen MR) is 112 cm³/mol. The molecule has 1 unspecified atom stereocenters. The molecule has 0 aromatic carbocycles. The van der Waals surface area contributed by atoms with Gasteiger partial charge in [-0.25, -0.2) is 4.79 Å². The lowest BCUT2D eigenvalue weighted by Crippen LogP contribution is -2.20. The van der Waals surface area contributed by atoms with Crippen LogP contribution in [0.3, 0.4) is 0 Å². The highest BCUT2D eigenvalue weighted by atomic mass is 16.5. The van der Waals surface area contributed by atoms with Crippen molar-refractivity contribution in [2.45, 2.75) is 73.8 Å². The van der Waals surface area contributed by atoms with Crippen LogP contribution in [0.25, 0.3) is 0 Å². The third kappa shape index (κ3) is 7.94. The summed E-state index contributed by atoms with van der Waals surface area (Å²) in [5.74, 6) is -0.663. The van der Waals surface area contributed by atoms with E-state index in [0.29, 0.717) is 0 Å². The van der Waals surface area contributed by atoms with Crippen molar-refractivity contribution in [3.05, 3.63) is 58.7 Å². The quantitative estimate of drug-likeness (QED) is 0.312. The number of ether oxygens (including phenoxy) is 1. The second-order valence-electron chi connectivity index (χ2n) is 8.11. The Labute approximate surface area is 164 Å². The van der Waals surface area contributed by atoms with E-state index in [1.807, 2.05) is 25.2 Å². The van der Waals surface area contributed by atoms with Crippen molar-refractivity contribution in [1.29, 1.82) is 0 Å². The Bertz CT molecular complexity index is 712. The Morgan fingerprint density at radius 3 is 2.37 bits per heavy atom. The molecule has 1 aliphatic rings. The SMILES string of the molecule is CC(=O)C(C)OC(=O)/C=C(C)/C=C/C=C(C)/C=C/C1=C(C)CCCC1(C)C. The fraction of sp³-hybridized carbons (Fsp3) is 0.500. The summed E-state index contributed by atoms with van der Waals surface area (Å²) in [6.45, 7) is 13.7. The molecule has 0 aromatic heterocycles. The summed E-state index contributed by atoms with van der Waals surface area (Å²) in [5, 5.41) is 0. The van der Waals surface area contributed by atoms with Crippen molar-refractivity contribution in [2.75, 3.05) is 0 Å². The smallest absolute Gasteiger partial charge is 0.331 e. The van der Waals surface area contributed by atoms with Crippen molar-refractivity contribution >= 4 is 11.8 Å². The molecule has 3 heteroatoms. The molecular formula is C24H34O3. The van der Waals surface area contributed by atoms with Gasteiger partial charge < -0.3 is 4.74 Å². The largest absolute Gasteiger partial charge is 0.452 e. The van der Waals surface area contributed by atoms with Gasteiger partial charge in [-0.3, -0.25) is 4.79 Å². The van der Waals surface area contributed by atoms with E-state index in [4.69, 9.17) is 4.74 Å². The maximum absolute atomic E-state index is 11.7. The molecule has 0 N–H and O–H groups in total. The average molecular weight is 371 g/mol. The minimum absolute atomic E-state index is 0.165. The van der Waals surface area contributed by atoms with Crippen LogP contribution >= 0.6 is 0 Å². The molecule has 0 radical (unpaired) electrons. The van der Waals surface area contributed by atoms with Gasteiger partial charge in [0.05, 0.1) is 0 Å². The number of allylic oxidation sites excluding steroid dienone is 9. The van der Waals surface area contributed by atoms with Gasteiger partial charge in [0.25, 0.3) is 0 Å². The monoisotopic (exact) mass is 370 g/mol. The number of carbonyl (C=O) groups is 2. The third-order valence-corrected chi connectivity index (χ3v) is 4.98. The van der Waals surface area contributed by atoms with Gasteiger partial charge in [-0.1, -0.05) is 55.4 Å². The van der Waals surface area contributed by atoms with Gasteiger partial charge in [-0.15, -0.1) is 0 Å². The fourth-order valence-electron chi connectivity index (χ4n) is 3.16. The van der Waals surface area contributed by atoms with Crippen LogP contribution in [0, 0.1) is 5.41 Å². The second kappa shape index (κ2) is 10.2. The van der Waals surface area contributed by atoms with Crippen LogP contribution in [0.1, 0.15) is 67.7 Å².